The van der Waals surface area contributed by atoms with E-state index in [2.05, 4.69) is 90.4 Å². The first-order chi connectivity index (χ1) is 17.0. The van der Waals surface area contributed by atoms with Crippen LogP contribution in [0.4, 0.5) is 5.69 Å². The molecule has 2 aromatic carbocycles. The van der Waals surface area contributed by atoms with E-state index in [1.165, 1.54) is 33.5 Å². The van der Waals surface area contributed by atoms with Gasteiger partial charge in [0.25, 0.3) is 0 Å². The highest BCUT2D eigenvalue weighted by Crippen LogP contribution is 2.25. The van der Waals surface area contributed by atoms with Crippen molar-refractivity contribution in [2.24, 2.45) is 0 Å². The summed E-state index contributed by atoms with van der Waals surface area (Å²) in [5, 5.41) is 4.56. The Hall–Kier alpha value is -3.38. The van der Waals surface area contributed by atoms with E-state index >= 15 is 0 Å². The van der Waals surface area contributed by atoms with Crippen molar-refractivity contribution in [3.63, 3.8) is 0 Å². The fraction of sp³-hybridized carbons (Fsp3) is 0.379. The van der Waals surface area contributed by atoms with Crippen molar-refractivity contribution < 1.29 is 4.79 Å². The highest BCUT2D eigenvalue weighted by molar-refractivity contribution is 5.79. The normalized spacial score (nSPS) is 16.9. The molecule has 3 aromatic rings. The van der Waals surface area contributed by atoms with Crippen molar-refractivity contribution in [1.29, 1.82) is 0 Å². The molecule has 0 spiro atoms. The van der Waals surface area contributed by atoms with Crippen molar-refractivity contribution in [2.45, 2.75) is 27.2 Å². The lowest BCUT2D eigenvalue weighted by Gasteiger charge is -2.38. The van der Waals surface area contributed by atoms with Crippen LogP contribution in [0.2, 0.25) is 0 Å². The van der Waals surface area contributed by atoms with Crippen molar-refractivity contribution in [3.05, 3.63) is 83.2 Å². The van der Waals surface area contributed by atoms with E-state index in [0.29, 0.717) is 6.54 Å². The number of piperazine rings is 1. The molecule has 0 radical (unpaired) electrons. The smallest absolute Gasteiger partial charge is 0.236 e. The highest BCUT2D eigenvalue weighted by Gasteiger charge is 2.24. The lowest BCUT2D eigenvalue weighted by Crippen LogP contribution is -2.51. The van der Waals surface area contributed by atoms with Gasteiger partial charge in [-0.05, 0) is 62.1 Å². The molecule has 3 heterocycles. The van der Waals surface area contributed by atoms with Crippen molar-refractivity contribution in [3.8, 4) is 5.69 Å². The van der Waals surface area contributed by atoms with Gasteiger partial charge >= 0.3 is 0 Å². The van der Waals surface area contributed by atoms with Gasteiger partial charge in [-0.2, -0.15) is 5.10 Å². The monoisotopic (exact) mass is 469 g/mol. The van der Waals surface area contributed by atoms with E-state index in [0.717, 1.165) is 51.4 Å². The molecule has 6 heteroatoms. The quantitative estimate of drug-likeness (QED) is 0.561. The topological polar surface area (TPSA) is 44.6 Å². The lowest BCUT2D eigenvalue weighted by atomic mass is 10.0. The van der Waals surface area contributed by atoms with E-state index in [1.54, 1.807) is 0 Å². The van der Waals surface area contributed by atoms with Crippen LogP contribution in [0.15, 0.2) is 60.9 Å². The molecule has 1 saturated heterocycles. The fourth-order valence-electron chi connectivity index (χ4n) is 5.01. The summed E-state index contributed by atoms with van der Waals surface area (Å²) >= 11 is 0. The summed E-state index contributed by atoms with van der Waals surface area (Å²) in [5.74, 6) is 0.245. The molecule has 0 bridgehead atoms. The second kappa shape index (κ2) is 10.1. The molecule has 0 saturated carbocycles. The van der Waals surface area contributed by atoms with Crippen molar-refractivity contribution in [2.75, 3.05) is 50.7 Å². The van der Waals surface area contributed by atoms with Gasteiger partial charge in [0.05, 0.1) is 18.4 Å². The Kier molecular flexibility index (Phi) is 6.73. The third-order valence-corrected chi connectivity index (χ3v) is 7.45. The molecule has 0 unspecified atom stereocenters. The number of nitrogens with zero attached hydrogens (tertiary/aromatic N) is 5. The number of hydrogen-bond acceptors (Lipinski definition) is 4. The van der Waals surface area contributed by atoms with Crippen molar-refractivity contribution in [1.82, 2.24) is 19.6 Å². The van der Waals surface area contributed by atoms with E-state index in [1.807, 2.05) is 15.8 Å². The van der Waals surface area contributed by atoms with Crippen LogP contribution in [0.5, 0.6) is 0 Å². The second-order valence-electron chi connectivity index (χ2n) is 9.81. The Morgan fingerprint density at radius 3 is 2.43 bits per heavy atom. The van der Waals surface area contributed by atoms with Gasteiger partial charge in [-0.1, -0.05) is 35.9 Å². The number of aryl methyl sites for hydroxylation is 2. The number of carbonyl (C=O) groups excluding carboxylic acids is 1. The number of amides is 1. The third kappa shape index (κ3) is 5.17. The Labute approximate surface area is 208 Å². The molecule has 0 atom stereocenters. The van der Waals surface area contributed by atoms with E-state index in [9.17, 15) is 4.79 Å². The van der Waals surface area contributed by atoms with Crippen molar-refractivity contribution >= 4 is 17.2 Å². The van der Waals surface area contributed by atoms with E-state index < -0.39 is 0 Å². The van der Waals surface area contributed by atoms with Crippen LogP contribution >= 0.6 is 0 Å². The molecule has 5 rings (SSSR count). The number of benzene rings is 2. The molecule has 0 aliphatic carbocycles. The molecule has 35 heavy (non-hydrogen) atoms. The summed E-state index contributed by atoms with van der Waals surface area (Å²) in [5.41, 5.74) is 8.76. The molecular formula is C29H35N5O. The Morgan fingerprint density at radius 1 is 0.943 bits per heavy atom. The second-order valence-corrected chi connectivity index (χ2v) is 9.81. The zero-order chi connectivity index (χ0) is 24.4. The Bertz CT molecular complexity index is 1220. The van der Waals surface area contributed by atoms with Gasteiger partial charge in [0.1, 0.15) is 0 Å². The SMILES string of the molecule is Cc1ccc(-n2cc(C3=CCN(CC(=O)N4CCN(c5cccc(C)c5C)CC4)CC3)cn2)cc1. The van der Waals surface area contributed by atoms with Gasteiger partial charge in [-0.25, -0.2) is 4.68 Å². The van der Waals surface area contributed by atoms with Crippen LogP contribution in [-0.4, -0.2) is 71.3 Å². The van der Waals surface area contributed by atoms with Crippen LogP contribution in [0.1, 0.15) is 28.7 Å². The first kappa shape index (κ1) is 23.4. The van der Waals surface area contributed by atoms with Gasteiger partial charge in [-0.3, -0.25) is 9.69 Å². The summed E-state index contributed by atoms with van der Waals surface area (Å²) in [4.78, 5) is 19.7. The molecule has 6 nitrogen and oxygen atoms in total. The molecule has 0 N–H and O–H groups in total. The van der Waals surface area contributed by atoms with Crippen LogP contribution < -0.4 is 4.90 Å². The zero-order valence-electron chi connectivity index (χ0n) is 21.1. The summed E-state index contributed by atoms with van der Waals surface area (Å²) in [6.45, 7) is 12.0. The fourth-order valence-corrected chi connectivity index (χ4v) is 5.01. The number of carbonyl (C=O) groups is 1. The minimum atomic E-state index is 0.245. The molecular weight excluding hydrogens is 434 g/mol. The third-order valence-electron chi connectivity index (χ3n) is 7.45. The minimum Gasteiger partial charge on any atom is -0.368 e. The summed E-state index contributed by atoms with van der Waals surface area (Å²) < 4.78 is 1.93. The first-order valence-electron chi connectivity index (χ1n) is 12.6. The van der Waals surface area contributed by atoms with Crippen LogP contribution in [0.25, 0.3) is 11.3 Å². The maximum atomic E-state index is 13.0. The number of hydrogen-bond donors (Lipinski definition) is 0. The standard InChI is InChI=1S/C29H35N5O/c1-22-7-9-27(10-8-22)34-20-26(19-30-34)25-11-13-31(14-12-25)21-29(35)33-17-15-32(16-18-33)28-6-4-5-23(2)24(28)3/h4-11,19-20H,12-18,21H2,1-3H3. The Morgan fingerprint density at radius 2 is 1.71 bits per heavy atom. The molecule has 1 aromatic heterocycles. The maximum Gasteiger partial charge on any atom is 0.236 e. The molecule has 2 aliphatic rings. The molecule has 2 aliphatic heterocycles. The largest absolute Gasteiger partial charge is 0.368 e. The molecule has 1 amide bonds. The number of rotatable bonds is 5. The van der Waals surface area contributed by atoms with Gasteiger partial charge in [0, 0.05) is 56.7 Å². The zero-order valence-corrected chi connectivity index (χ0v) is 21.1. The lowest BCUT2D eigenvalue weighted by molar-refractivity contribution is -0.132. The average molecular weight is 470 g/mol. The maximum absolute atomic E-state index is 13.0. The number of aromatic nitrogens is 2. The summed E-state index contributed by atoms with van der Waals surface area (Å²) in [6.07, 6.45) is 7.24. The van der Waals surface area contributed by atoms with Crippen LogP contribution in [-0.2, 0) is 4.79 Å². The van der Waals surface area contributed by atoms with Crippen LogP contribution in [0.3, 0.4) is 0 Å². The van der Waals surface area contributed by atoms with Crippen LogP contribution in [0, 0.1) is 20.8 Å². The first-order valence-corrected chi connectivity index (χ1v) is 12.6. The predicted molar refractivity (Wildman–Crippen MR) is 142 cm³/mol. The molecule has 182 valence electrons. The van der Waals surface area contributed by atoms with E-state index in [-0.39, 0.29) is 5.91 Å². The summed E-state index contributed by atoms with van der Waals surface area (Å²) in [6, 6.07) is 14.9. The average Bonchev–Trinajstić information content (AvgIpc) is 3.37. The highest BCUT2D eigenvalue weighted by atomic mass is 16.2. The number of anilines is 1. The van der Waals surface area contributed by atoms with Gasteiger partial charge in [0.15, 0.2) is 0 Å². The van der Waals surface area contributed by atoms with E-state index in [4.69, 9.17) is 0 Å². The van der Waals surface area contributed by atoms with Gasteiger partial charge < -0.3 is 9.80 Å². The van der Waals surface area contributed by atoms with Gasteiger partial charge in [0.2, 0.25) is 5.91 Å². The predicted octanol–water partition coefficient (Wildman–Crippen LogP) is 4.24. The summed E-state index contributed by atoms with van der Waals surface area (Å²) in [7, 11) is 0. The minimum absolute atomic E-state index is 0.245. The molecule has 1 fully saturated rings. The Balaban J connectivity index is 1.13. The van der Waals surface area contributed by atoms with Gasteiger partial charge in [-0.15, -0.1) is 0 Å².